The van der Waals surface area contributed by atoms with E-state index in [1.807, 2.05) is 12.1 Å². The lowest BCUT2D eigenvalue weighted by Crippen LogP contribution is -2.29. The molecule has 0 unspecified atom stereocenters. The second kappa shape index (κ2) is 12.6. The average molecular weight is 743 g/mol. The molecule has 0 aliphatic carbocycles. The van der Waals surface area contributed by atoms with Crippen molar-refractivity contribution in [3.8, 4) is 28.7 Å². The first-order valence-corrected chi connectivity index (χ1v) is 19.6. The molecule has 0 bridgehead atoms. The van der Waals surface area contributed by atoms with Crippen LogP contribution in [0.5, 0.6) is 11.5 Å². The SMILES string of the molecule is Cc1cccc(-[n+]2[c-]n(-c3cccc(Oc4ccc5c6ccccc6n(-c6nc7ccc8ccccc8c7c7c6ccc6ccccc67)c5c4)c3)c3ccccc32)c1. The molecule has 5 heteroatoms. The number of nitrogens with zero attached hydrogens (tertiary/aromatic N) is 4. The van der Waals surface area contributed by atoms with Crippen LogP contribution in [0.3, 0.4) is 0 Å². The van der Waals surface area contributed by atoms with Crippen LogP contribution in [0.4, 0.5) is 0 Å². The monoisotopic (exact) mass is 742 g/mol. The number of hydrogen-bond donors (Lipinski definition) is 0. The van der Waals surface area contributed by atoms with E-state index in [1.165, 1.54) is 37.9 Å². The van der Waals surface area contributed by atoms with Crippen molar-refractivity contribution in [3.63, 3.8) is 0 Å². The number of para-hydroxylation sites is 3. The molecule has 12 rings (SSSR count). The van der Waals surface area contributed by atoms with Crippen LogP contribution in [0.25, 0.3) is 93.3 Å². The Morgan fingerprint density at radius 3 is 2.02 bits per heavy atom. The van der Waals surface area contributed by atoms with Gasteiger partial charge in [-0.2, -0.15) is 0 Å². The zero-order chi connectivity index (χ0) is 38.3. The molecule has 0 spiro atoms. The first-order valence-electron chi connectivity index (χ1n) is 19.6. The van der Waals surface area contributed by atoms with Crippen LogP contribution in [-0.2, 0) is 0 Å². The van der Waals surface area contributed by atoms with Gasteiger partial charge in [0, 0.05) is 33.0 Å². The lowest BCUT2D eigenvalue weighted by Gasteiger charge is -2.16. The van der Waals surface area contributed by atoms with Crippen molar-refractivity contribution in [2.75, 3.05) is 0 Å². The molecule has 5 nitrogen and oxygen atoms in total. The number of ether oxygens (including phenoxy) is 1. The summed E-state index contributed by atoms with van der Waals surface area (Å²) in [7, 11) is 0. The third kappa shape index (κ3) is 4.97. The van der Waals surface area contributed by atoms with Gasteiger partial charge in [-0.1, -0.05) is 127 Å². The highest BCUT2D eigenvalue weighted by Gasteiger charge is 2.20. The third-order valence-corrected chi connectivity index (χ3v) is 11.5. The topological polar surface area (TPSA) is 35.9 Å². The number of pyridine rings is 1. The highest BCUT2D eigenvalue weighted by atomic mass is 16.5. The highest BCUT2D eigenvalue weighted by Crippen LogP contribution is 2.42. The lowest BCUT2D eigenvalue weighted by molar-refractivity contribution is -0.572. The van der Waals surface area contributed by atoms with Gasteiger partial charge in [-0.3, -0.25) is 13.7 Å². The fourth-order valence-corrected chi connectivity index (χ4v) is 8.96. The Morgan fingerprint density at radius 2 is 1.17 bits per heavy atom. The van der Waals surface area contributed by atoms with Crippen molar-refractivity contribution >= 4 is 76.1 Å². The van der Waals surface area contributed by atoms with Crippen LogP contribution in [0.1, 0.15) is 5.56 Å². The second-order valence-corrected chi connectivity index (χ2v) is 15.1. The molecule has 9 aromatic carbocycles. The first-order chi connectivity index (χ1) is 28.7. The van der Waals surface area contributed by atoms with Crippen LogP contribution in [-0.4, -0.2) is 14.1 Å². The zero-order valence-corrected chi connectivity index (χ0v) is 31.6. The quantitative estimate of drug-likeness (QED) is 0.1000. The molecule has 0 N–H and O–H groups in total. The maximum absolute atomic E-state index is 6.75. The summed E-state index contributed by atoms with van der Waals surface area (Å²) in [6.45, 7) is 2.12. The summed E-state index contributed by atoms with van der Waals surface area (Å²) in [5.74, 6) is 2.37. The van der Waals surface area contributed by atoms with E-state index in [9.17, 15) is 0 Å². The van der Waals surface area contributed by atoms with Gasteiger partial charge in [0.05, 0.1) is 39.0 Å². The lowest BCUT2D eigenvalue weighted by atomic mass is 9.95. The summed E-state index contributed by atoms with van der Waals surface area (Å²) in [5, 5.41) is 10.6. The molecule has 0 amide bonds. The molecule has 0 saturated carbocycles. The number of aryl methyl sites for hydroxylation is 1. The van der Waals surface area contributed by atoms with E-state index in [-0.39, 0.29) is 0 Å². The van der Waals surface area contributed by atoms with Crippen molar-refractivity contribution in [2.24, 2.45) is 0 Å². The minimum Gasteiger partial charge on any atom is -0.458 e. The zero-order valence-electron chi connectivity index (χ0n) is 31.6. The minimum atomic E-state index is 0.737. The Balaban J connectivity index is 1.04. The maximum atomic E-state index is 6.75. The van der Waals surface area contributed by atoms with Gasteiger partial charge in [0.15, 0.2) is 0 Å². The smallest absolute Gasteiger partial charge is 0.269 e. The number of hydrogen-bond acceptors (Lipinski definition) is 2. The van der Waals surface area contributed by atoms with Crippen molar-refractivity contribution < 1.29 is 9.30 Å². The van der Waals surface area contributed by atoms with Crippen molar-refractivity contribution in [1.82, 2.24) is 14.1 Å². The summed E-state index contributed by atoms with van der Waals surface area (Å²) in [4.78, 5) is 5.53. The van der Waals surface area contributed by atoms with Crippen LogP contribution in [0.2, 0.25) is 0 Å². The molecule has 0 fully saturated rings. The predicted molar refractivity (Wildman–Crippen MR) is 237 cm³/mol. The van der Waals surface area contributed by atoms with E-state index >= 15 is 0 Å². The Morgan fingerprint density at radius 1 is 0.500 bits per heavy atom. The normalized spacial score (nSPS) is 11.9. The van der Waals surface area contributed by atoms with Crippen molar-refractivity contribution in [1.29, 1.82) is 0 Å². The number of benzene rings is 9. The molecule has 0 aliphatic heterocycles. The van der Waals surface area contributed by atoms with Crippen LogP contribution >= 0.6 is 0 Å². The minimum absolute atomic E-state index is 0.737. The molecule has 0 saturated heterocycles. The molecular formula is C53H34N4O. The summed E-state index contributed by atoms with van der Waals surface area (Å²) in [6.07, 6.45) is 3.62. The van der Waals surface area contributed by atoms with Crippen molar-refractivity contribution in [3.05, 3.63) is 200 Å². The molecule has 3 aromatic heterocycles. The number of imidazole rings is 1. The third-order valence-electron chi connectivity index (χ3n) is 11.5. The largest absolute Gasteiger partial charge is 0.458 e. The molecule has 3 heterocycles. The molecule has 12 aromatic rings. The van der Waals surface area contributed by atoms with Gasteiger partial charge >= 0.3 is 0 Å². The van der Waals surface area contributed by atoms with E-state index < -0.39 is 0 Å². The number of rotatable bonds is 5. The van der Waals surface area contributed by atoms with E-state index in [2.05, 4.69) is 203 Å². The summed E-state index contributed by atoms with van der Waals surface area (Å²) in [5.41, 5.74) is 8.45. The molecule has 58 heavy (non-hydrogen) atoms. The molecule has 0 atom stereocenters. The number of aromatic nitrogens is 4. The maximum Gasteiger partial charge on any atom is 0.269 e. The van der Waals surface area contributed by atoms with Crippen LogP contribution in [0, 0.1) is 13.3 Å². The first kappa shape index (κ1) is 32.5. The molecule has 0 radical (unpaired) electrons. The van der Waals surface area contributed by atoms with E-state index in [0.29, 0.717) is 0 Å². The molecular weight excluding hydrogens is 709 g/mol. The molecule has 0 aliphatic rings. The fourth-order valence-electron chi connectivity index (χ4n) is 8.96. The fraction of sp³-hybridized carbons (Fsp3) is 0.0189. The number of fused-ring (bicyclic) bond motifs is 11. The summed E-state index contributed by atoms with van der Waals surface area (Å²) < 4.78 is 13.3. The Labute approximate surface area is 333 Å². The Hall–Kier alpha value is -7.76. The van der Waals surface area contributed by atoms with Gasteiger partial charge in [-0.05, 0) is 89.1 Å². The predicted octanol–water partition coefficient (Wildman–Crippen LogP) is 12.9. The van der Waals surface area contributed by atoms with E-state index in [0.717, 1.165) is 72.4 Å². The van der Waals surface area contributed by atoms with Gasteiger partial charge in [0.1, 0.15) is 17.3 Å². The van der Waals surface area contributed by atoms with Gasteiger partial charge in [0.25, 0.3) is 6.33 Å². The second-order valence-electron chi connectivity index (χ2n) is 15.1. The summed E-state index contributed by atoms with van der Waals surface area (Å²) >= 11 is 0. The summed E-state index contributed by atoms with van der Waals surface area (Å²) in [6, 6.07) is 66.3. The Kier molecular flexibility index (Phi) is 7.07. The van der Waals surface area contributed by atoms with E-state index in [1.54, 1.807) is 0 Å². The average Bonchev–Trinajstić information content (AvgIpc) is 3.82. The van der Waals surface area contributed by atoms with Gasteiger partial charge in [0.2, 0.25) is 0 Å². The van der Waals surface area contributed by atoms with Crippen LogP contribution in [0.15, 0.2) is 188 Å². The van der Waals surface area contributed by atoms with Crippen molar-refractivity contribution in [2.45, 2.75) is 6.92 Å². The Bertz CT molecular complexity index is 3630. The van der Waals surface area contributed by atoms with Crippen LogP contribution < -0.4 is 9.30 Å². The highest BCUT2D eigenvalue weighted by molar-refractivity contribution is 6.28. The standard InChI is InChI=1S/C53H34N4O/c1-34-12-10-15-37(30-34)55-33-56(49-23-9-8-22-48(49)55)38-16-11-17-39(31-38)58-40-26-28-44-43-20-6-7-21-47(43)57(50(44)32-40)53-45-27-24-35-13-2-4-18-41(35)51(45)52-42-19-5-3-14-36(42)25-29-46(52)54-53/h2-32H,1H3. The van der Waals surface area contributed by atoms with Gasteiger partial charge < -0.3 is 4.74 Å². The van der Waals surface area contributed by atoms with E-state index in [4.69, 9.17) is 9.72 Å². The van der Waals surface area contributed by atoms with Gasteiger partial charge in [-0.25, -0.2) is 4.98 Å². The van der Waals surface area contributed by atoms with Gasteiger partial charge in [-0.15, -0.1) is 0 Å². The molecule has 272 valence electrons.